The second kappa shape index (κ2) is 2.07. The first kappa shape index (κ1) is 6.37. The Balaban J connectivity index is 2.55. The Labute approximate surface area is 64.4 Å². The molecule has 1 aliphatic heterocycles. The van der Waals surface area contributed by atoms with Crippen LogP contribution in [-0.2, 0) is 11.2 Å². The lowest BCUT2D eigenvalue weighted by molar-refractivity contribution is -0.117. The van der Waals surface area contributed by atoms with E-state index in [0.717, 1.165) is 11.3 Å². The van der Waals surface area contributed by atoms with Crippen molar-refractivity contribution in [3.63, 3.8) is 0 Å². The summed E-state index contributed by atoms with van der Waals surface area (Å²) in [6.07, 6.45) is 0.437. The van der Waals surface area contributed by atoms with Gasteiger partial charge in [0.05, 0.1) is 12.1 Å². The van der Waals surface area contributed by atoms with Crippen LogP contribution in [-0.4, -0.2) is 5.91 Å². The highest BCUT2D eigenvalue weighted by Crippen LogP contribution is 2.24. The molecule has 2 N–H and O–H groups in total. The van der Waals surface area contributed by atoms with E-state index in [1.807, 2.05) is 24.3 Å². The highest BCUT2D eigenvalue weighted by molar-refractivity contribution is 6.00. The number of benzene rings is 1. The van der Waals surface area contributed by atoms with Crippen LogP contribution in [0.1, 0.15) is 5.56 Å². The Bertz CT molecular complexity index is 309. The van der Waals surface area contributed by atoms with Crippen LogP contribution in [0, 0.1) is 0 Å². The lowest BCUT2D eigenvalue weighted by Gasteiger charge is -2.07. The summed E-state index contributed by atoms with van der Waals surface area (Å²) in [5.74, 6) is 5.44. The van der Waals surface area contributed by atoms with Gasteiger partial charge in [-0.2, -0.15) is 0 Å². The summed E-state index contributed by atoms with van der Waals surface area (Å²) in [5, 5.41) is 1.20. The Morgan fingerprint density at radius 1 is 1.36 bits per heavy atom. The molecule has 0 fully saturated rings. The quantitative estimate of drug-likeness (QED) is 0.429. The number of amides is 1. The highest BCUT2D eigenvalue weighted by Gasteiger charge is 2.23. The summed E-state index contributed by atoms with van der Waals surface area (Å²) >= 11 is 0. The van der Waals surface area contributed by atoms with Crippen molar-refractivity contribution in [1.29, 1.82) is 0 Å². The van der Waals surface area contributed by atoms with E-state index in [1.54, 1.807) is 0 Å². The first-order valence-electron chi connectivity index (χ1n) is 3.44. The second-order valence-electron chi connectivity index (χ2n) is 2.57. The topological polar surface area (TPSA) is 46.3 Å². The van der Waals surface area contributed by atoms with Crippen molar-refractivity contribution in [3.8, 4) is 0 Å². The number of hydrogen-bond acceptors (Lipinski definition) is 2. The van der Waals surface area contributed by atoms with E-state index in [2.05, 4.69) is 0 Å². The fraction of sp³-hybridized carbons (Fsp3) is 0.125. The Kier molecular flexibility index (Phi) is 1.20. The average Bonchev–Trinajstić information content (AvgIpc) is 2.30. The molecule has 0 bridgehead atoms. The molecule has 0 saturated heterocycles. The van der Waals surface area contributed by atoms with Crippen molar-refractivity contribution in [3.05, 3.63) is 29.8 Å². The molecule has 0 aromatic heterocycles. The lowest BCUT2D eigenvalue weighted by atomic mass is 10.2. The number of para-hydroxylation sites is 1. The summed E-state index contributed by atoms with van der Waals surface area (Å²) in [5.41, 5.74) is 1.84. The molecule has 0 radical (unpaired) electrons. The number of nitrogens with two attached hydrogens (primary N) is 1. The molecule has 3 heteroatoms. The number of nitrogens with zero attached hydrogens (tertiary/aromatic N) is 1. The van der Waals surface area contributed by atoms with Gasteiger partial charge in [0.1, 0.15) is 0 Å². The highest BCUT2D eigenvalue weighted by atomic mass is 16.2. The minimum absolute atomic E-state index is 0.0359. The maximum Gasteiger partial charge on any atom is 0.245 e. The average molecular weight is 148 g/mol. The monoisotopic (exact) mass is 148 g/mol. The molecule has 1 heterocycles. The van der Waals surface area contributed by atoms with Crippen LogP contribution in [0.2, 0.25) is 0 Å². The van der Waals surface area contributed by atoms with Gasteiger partial charge in [-0.3, -0.25) is 4.79 Å². The molecule has 3 nitrogen and oxygen atoms in total. The molecule has 0 saturated carbocycles. The third-order valence-corrected chi connectivity index (χ3v) is 1.86. The zero-order valence-electron chi connectivity index (χ0n) is 5.95. The first-order valence-corrected chi connectivity index (χ1v) is 3.44. The predicted octanol–water partition coefficient (Wildman–Crippen LogP) is 0.449. The van der Waals surface area contributed by atoms with Crippen molar-refractivity contribution in [2.45, 2.75) is 6.42 Å². The van der Waals surface area contributed by atoms with Gasteiger partial charge in [0.15, 0.2) is 0 Å². The molecular formula is C8H8N2O. The van der Waals surface area contributed by atoms with Crippen LogP contribution in [0.25, 0.3) is 0 Å². The van der Waals surface area contributed by atoms with Gasteiger partial charge >= 0.3 is 0 Å². The van der Waals surface area contributed by atoms with Crippen molar-refractivity contribution in [1.82, 2.24) is 0 Å². The van der Waals surface area contributed by atoms with Crippen LogP contribution in [0.15, 0.2) is 24.3 Å². The molecule has 56 valence electrons. The van der Waals surface area contributed by atoms with Crippen molar-refractivity contribution in [2.24, 2.45) is 5.84 Å². The van der Waals surface area contributed by atoms with Crippen molar-refractivity contribution in [2.75, 3.05) is 5.01 Å². The van der Waals surface area contributed by atoms with E-state index in [4.69, 9.17) is 5.84 Å². The fourth-order valence-corrected chi connectivity index (χ4v) is 1.28. The lowest BCUT2D eigenvalue weighted by Crippen LogP contribution is -2.33. The SMILES string of the molecule is NN1C(=O)Cc2ccccc21. The fourth-order valence-electron chi connectivity index (χ4n) is 1.28. The molecule has 0 spiro atoms. The predicted molar refractivity (Wildman–Crippen MR) is 41.8 cm³/mol. The van der Waals surface area contributed by atoms with Gasteiger partial charge in [-0.05, 0) is 11.6 Å². The molecule has 1 amide bonds. The van der Waals surface area contributed by atoms with E-state index < -0.39 is 0 Å². The molecule has 2 rings (SSSR count). The maximum atomic E-state index is 11.0. The van der Waals surface area contributed by atoms with Crippen LogP contribution in [0.5, 0.6) is 0 Å². The zero-order valence-corrected chi connectivity index (χ0v) is 5.95. The van der Waals surface area contributed by atoms with Gasteiger partial charge in [0.2, 0.25) is 5.91 Å². The smallest absolute Gasteiger partial charge is 0.245 e. The number of fused-ring (bicyclic) bond motifs is 1. The van der Waals surface area contributed by atoms with E-state index in [9.17, 15) is 4.79 Å². The first-order chi connectivity index (χ1) is 5.29. The Morgan fingerprint density at radius 2 is 2.09 bits per heavy atom. The maximum absolute atomic E-state index is 11.0. The zero-order chi connectivity index (χ0) is 7.84. The summed E-state index contributed by atoms with van der Waals surface area (Å²) in [6.45, 7) is 0. The second-order valence-corrected chi connectivity index (χ2v) is 2.57. The summed E-state index contributed by atoms with van der Waals surface area (Å²) < 4.78 is 0. The normalized spacial score (nSPS) is 15.4. The number of anilines is 1. The van der Waals surface area contributed by atoms with Crippen molar-refractivity contribution < 1.29 is 4.79 Å². The third-order valence-electron chi connectivity index (χ3n) is 1.86. The number of carbonyl (C=O) groups excluding carboxylic acids is 1. The van der Waals surface area contributed by atoms with E-state index in [1.165, 1.54) is 5.01 Å². The van der Waals surface area contributed by atoms with E-state index >= 15 is 0 Å². The summed E-state index contributed by atoms with van der Waals surface area (Å²) in [7, 11) is 0. The molecule has 0 aliphatic carbocycles. The number of rotatable bonds is 0. The van der Waals surface area contributed by atoms with Crippen LogP contribution < -0.4 is 10.9 Å². The van der Waals surface area contributed by atoms with Crippen molar-refractivity contribution >= 4 is 11.6 Å². The van der Waals surface area contributed by atoms with Crippen LogP contribution in [0.3, 0.4) is 0 Å². The largest absolute Gasteiger partial charge is 0.273 e. The summed E-state index contributed by atoms with van der Waals surface area (Å²) in [4.78, 5) is 11.0. The number of hydrogen-bond donors (Lipinski definition) is 1. The van der Waals surface area contributed by atoms with E-state index in [0.29, 0.717) is 6.42 Å². The number of hydrazine groups is 1. The summed E-state index contributed by atoms with van der Waals surface area (Å²) in [6, 6.07) is 7.54. The Hall–Kier alpha value is -1.35. The van der Waals surface area contributed by atoms with Gasteiger partial charge in [0, 0.05) is 0 Å². The van der Waals surface area contributed by atoms with Gasteiger partial charge in [0.25, 0.3) is 0 Å². The number of carbonyl (C=O) groups is 1. The van der Waals surface area contributed by atoms with Gasteiger partial charge in [-0.15, -0.1) is 0 Å². The molecule has 0 unspecified atom stereocenters. The third kappa shape index (κ3) is 0.816. The minimum atomic E-state index is -0.0359. The standard InChI is InChI=1S/C8H8N2O/c9-10-7-4-2-1-3-6(7)5-8(10)11/h1-4H,5,9H2. The molecular weight excluding hydrogens is 140 g/mol. The molecule has 11 heavy (non-hydrogen) atoms. The van der Waals surface area contributed by atoms with Gasteiger partial charge in [-0.25, -0.2) is 10.9 Å². The van der Waals surface area contributed by atoms with Gasteiger partial charge < -0.3 is 0 Å². The van der Waals surface area contributed by atoms with Gasteiger partial charge in [-0.1, -0.05) is 18.2 Å². The van der Waals surface area contributed by atoms with E-state index in [-0.39, 0.29) is 5.91 Å². The minimum Gasteiger partial charge on any atom is -0.273 e. The molecule has 0 atom stereocenters. The molecule has 1 aromatic rings. The molecule has 1 aromatic carbocycles. The molecule has 1 aliphatic rings. The van der Waals surface area contributed by atoms with Crippen LogP contribution >= 0.6 is 0 Å². The Morgan fingerprint density at radius 3 is 2.82 bits per heavy atom. The van der Waals surface area contributed by atoms with Crippen LogP contribution in [0.4, 0.5) is 5.69 Å².